The summed E-state index contributed by atoms with van der Waals surface area (Å²) in [5.41, 5.74) is 4.90. The van der Waals surface area contributed by atoms with Crippen LogP contribution in [0.5, 0.6) is 0 Å². The second kappa shape index (κ2) is 9.09. The molecule has 4 aromatic rings. The predicted molar refractivity (Wildman–Crippen MR) is 138 cm³/mol. The van der Waals surface area contributed by atoms with E-state index in [2.05, 4.69) is 48.4 Å². The lowest BCUT2D eigenvalue weighted by molar-refractivity contribution is -0.127. The molecule has 0 saturated carbocycles. The molecule has 8 nitrogen and oxygen atoms in total. The van der Waals surface area contributed by atoms with Gasteiger partial charge in [0.15, 0.2) is 0 Å². The Balaban J connectivity index is 1.29. The van der Waals surface area contributed by atoms with Crippen LogP contribution in [0.3, 0.4) is 0 Å². The quantitative estimate of drug-likeness (QED) is 0.438. The van der Waals surface area contributed by atoms with Gasteiger partial charge < -0.3 is 14.5 Å². The van der Waals surface area contributed by atoms with Crippen molar-refractivity contribution in [1.82, 2.24) is 28.8 Å². The number of amides is 1. The smallest absolute Gasteiger partial charge is 0.326 e. The van der Waals surface area contributed by atoms with Crippen LogP contribution in [-0.4, -0.2) is 47.8 Å². The van der Waals surface area contributed by atoms with E-state index in [9.17, 15) is 9.59 Å². The third kappa shape index (κ3) is 4.13. The molecule has 1 saturated heterocycles. The first kappa shape index (κ1) is 23.0. The van der Waals surface area contributed by atoms with Crippen LogP contribution in [0.15, 0.2) is 53.5 Å². The van der Waals surface area contributed by atoms with Crippen LogP contribution in [0.4, 0.5) is 0 Å². The molecule has 1 aliphatic heterocycles. The third-order valence-electron chi connectivity index (χ3n) is 7.01. The topological polar surface area (TPSA) is 80.8 Å². The van der Waals surface area contributed by atoms with Crippen molar-refractivity contribution in [2.45, 2.75) is 52.6 Å². The summed E-state index contributed by atoms with van der Waals surface area (Å²) in [7, 11) is 0. The van der Waals surface area contributed by atoms with Gasteiger partial charge in [-0.1, -0.05) is 12.1 Å². The van der Waals surface area contributed by atoms with Gasteiger partial charge in [-0.25, -0.2) is 9.48 Å². The molecule has 35 heavy (non-hydrogen) atoms. The Bertz CT molecular complexity index is 1460. The number of hydrogen-bond acceptors (Lipinski definition) is 3. The van der Waals surface area contributed by atoms with Gasteiger partial charge in [0.25, 0.3) is 0 Å². The molecule has 1 fully saturated rings. The third-order valence-corrected chi connectivity index (χ3v) is 7.01. The minimum atomic E-state index is -0.0787. The number of aromatic amines is 1. The number of carbonyl (C=O) groups is 1. The van der Waals surface area contributed by atoms with E-state index >= 15 is 0 Å². The molecule has 0 radical (unpaired) electrons. The fourth-order valence-electron chi connectivity index (χ4n) is 5.24. The van der Waals surface area contributed by atoms with Crippen LogP contribution in [-0.2, 0) is 4.79 Å². The summed E-state index contributed by atoms with van der Waals surface area (Å²) in [6.45, 7) is 9.63. The Morgan fingerprint density at radius 3 is 2.63 bits per heavy atom. The molecule has 182 valence electrons. The number of aromatic nitrogens is 5. The maximum atomic E-state index is 13.0. The van der Waals surface area contributed by atoms with Crippen molar-refractivity contribution < 1.29 is 4.79 Å². The average molecular weight is 473 g/mol. The number of piperidine rings is 1. The summed E-state index contributed by atoms with van der Waals surface area (Å²) in [6, 6.07) is 12.2. The fraction of sp³-hybridized carbons (Fsp3) is 0.370. The standard InChI is InChI=1S/C27H32N6O2/c1-18(2)33-25(11-14-28-33)31-19(3)17-21(20(31)4)9-10-26(34)30-15-12-22(13-16-30)32-24-8-6-5-7-23(24)29-27(32)35/h5-11,14,17-18,22H,12-13,15-16H2,1-4H3,(H,29,35). The van der Waals surface area contributed by atoms with E-state index in [1.54, 1.807) is 6.08 Å². The second-order valence-electron chi connectivity index (χ2n) is 9.60. The highest BCUT2D eigenvalue weighted by atomic mass is 16.2. The van der Waals surface area contributed by atoms with Gasteiger partial charge in [0, 0.05) is 48.7 Å². The van der Waals surface area contributed by atoms with Crippen molar-refractivity contribution in [2.24, 2.45) is 0 Å². The first-order valence-electron chi connectivity index (χ1n) is 12.2. The number of fused-ring (bicyclic) bond motifs is 1. The Labute approximate surface area is 204 Å². The number of H-pyrrole nitrogens is 1. The molecule has 0 aliphatic carbocycles. The SMILES string of the molecule is Cc1cc(C=CC(=O)N2CCC(n3c(=O)[nH]c4ccccc43)CC2)c(C)n1-c1ccnn1C(C)C. The number of benzene rings is 1. The van der Waals surface area contributed by atoms with Crippen LogP contribution in [0.25, 0.3) is 22.9 Å². The maximum absolute atomic E-state index is 13.0. The Hall–Kier alpha value is -3.81. The van der Waals surface area contributed by atoms with Gasteiger partial charge in [0.2, 0.25) is 5.91 Å². The monoisotopic (exact) mass is 472 g/mol. The number of nitrogens with zero attached hydrogens (tertiary/aromatic N) is 5. The Kier molecular flexibility index (Phi) is 5.96. The van der Waals surface area contributed by atoms with E-state index in [1.165, 1.54) is 0 Å². The van der Waals surface area contributed by atoms with Gasteiger partial charge in [0.05, 0.1) is 17.2 Å². The Morgan fingerprint density at radius 1 is 1.14 bits per heavy atom. The molecule has 3 aromatic heterocycles. The highest BCUT2D eigenvalue weighted by Gasteiger charge is 2.25. The van der Waals surface area contributed by atoms with Gasteiger partial charge in [-0.05, 0) is 70.4 Å². The number of imidazole rings is 1. The van der Waals surface area contributed by atoms with E-state index in [-0.39, 0.29) is 23.7 Å². The zero-order valence-electron chi connectivity index (χ0n) is 20.7. The summed E-state index contributed by atoms with van der Waals surface area (Å²) in [4.78, 5) is 30.3. The molecule has 1 aromatic carbocycles. The predicted octanol–water partition coefficient (Wildman–Crippen LogP) is 4.39. The lowest BCUT2D eigenvalue weighted by Gasteiger charge is -2.32. The van der Waals surface area contributed by atoms with Crippen molar-refractivity contribution >= 4 is 23.0 Å². The van der Waals surface area contributed by atoms with Crippen LogP contribution in [0.2, 0.25) is 0 Å². The lowest BCUT2D eigenvalue weighted by atomic mass is 10.0. The summed E-state index contributed by atoms with van der Waals surface area (Å²) in [5, 5.41) is 4.46. The second-order valence-corrected chi connectivity index (χ2v) is 9.60. The molecule has 0 unspecified atom stereocenters. The molecule has 0 bridgehead atoms. The van der Waals surface area contributed by atoms with Crippen molar-refractivity contribution in [3.05, 3.63) is 76.1 Å². The number of rotatable bonds is 5. The average Bonchev–Trinajstić information content (AvgIpc) is 3.52. The summed E-state index contributed by atoms with van der Waals surface area (Å²) in [6.07, 6.45) is 6.92. The van der Waals surface area contributed by atoms with Gasteiger partial charge in [-0.2, -0.15) is 5.10 Å². The molecule has 1 N–H and O–H groups in total. The Morgan fingerprint density at radius 2 is 1.89 bits per heavy atom. The van der Waals surface area contributed by atoms with E-state index in [4.69, 9.17) is 0 Å². The summed E-state index contributed by atoms with van der Waals surface area (Å²) in [5.74, 6) is 1.03. The van der Waals surface area contributed by atoms with E-state index in [1.807, 2.05) is 56.8 Å². The largest absolute Gasteiger partial charge is 0.339 e. The minimum absolute atomic E-state index is 0.00625. The van der Waals surface area contributed by atoms with Crippen LogP contribution in [0, 0.1) is 13.8 Å². The molecular formula is C27H32N6O2. The molecule has 5 rings (SSSR count). The summed E-state index contributed by atoms with van der Waals surface area (Å²) < 4.78 is 6.03. The highest BCUT2D eigenvalue weighted by molar-refractivity contribution is 5.92. The minimum Gasteiger partial charge on any atom is -0.339 e. The molecule has 1 aliphatic rings. The van der Waals surface area contributed by atoms with Gasteiger partial charge in [-0.15, -0.1) is 0 Å². The molecule has 4 heterocycles. The van der Waals surface area contributed by atoms with Gasteiger partial charge >= 0.3 is 5.69 Å². The van der Waals surface area contributed by atoms with E-state index in [0.717, 1.165) is 46.6 Å². The van der Waals surface area contributed by atoms with Crippen LogP contribution >= 0.6 is 0 Å². The van der Waals surface area contributed by atoms with Gasteiger partial charge in [-0.3, -0.25) is 9.36 Å². The number of likely N-dealkylation sites (tertiary alicyclic amines) is 1. The fourth-order valence-corrected chi connectivity index (χ4v) is 5.24. The number of carbonyl (C=O) groups excluding carboxylic acids is 1. The van der Waals surface area contributed by atoms with E-state index < -0.39 is 0 Å². The lowest BCUT2D eigenvalue weighted by Crippen LogP contribution is -2.39. The van der Waals surface area contributed by atoms with Crippen molar-refractivity contribution in [3.63, 3.8) is 0 Å². The number of aryl methyl sites for hydroxylation is 1. The van der Waals surface area contributed by atoms with Crippen LogP contribution < -0.4 is 5.69 Å². The number of para-hydroxylation sites is 2. The first-order chi connectivity index (χ1) is 16.8. The molecule has 8 heteroatoms. The maximum Gasteiger partial charge on any atom is 0.326 e. The molecule has 0 spiro atoms. The van der Waals surface area contributed by atoms with Gasteiger partial charge in [0.1, 0.15) is 5.82 Å². The first-order valence-corrected chi connectivity index (χ1v) is 12.2. The van der Waals surface area contributed by atoms with Crippen molar-refractivity contribution in [2.75, 3.05) is 13.1 Å². The number of nitrogens with one attached hydrogen (secondary N) is 1. The number of hydrogen-bond donors (Lipinski definition) is 1. The molecule has 1 amide bonds. The zero-order valence-corrected chi connectivity index (χ0v) is 20.7. The molecule has 0 atom stereocenters. The van der Waals surface area contributed by atoms with Crippen LogP contribution in [0.1, 0.15) is 55.7 Å². The van der Waals surface area contributed by atoms with E-state index in [0.29, 0.717) is 13.1 Å². The molecular weight excluding hydrogens is 440 g/mol. The van der Waals surface area contributed by atoms with Crippen molar-refractivity contribution in [1.29, 1.82) is 0 Å². The van der Waals surface area contributed by atoms with Crippen molar-refractivity contribution in [3.8, 4) is 5.82 Å². The highest BCUT2D eigenvalue weighted by Crippen LogP contribution is 2.26. The zero-order chi connectivity index (χ0) is 24.7. The summed E-state index contributed by atoms with van der Waals surface area (Å²) >= 11 is 0. The normalized spacial score (nSPS) is 15.2.